The molecule has 0 spiro atoms. The molecule has 0 aliphatic carbocycles. The van der Waals surface area contributed by atoms with Crippen LogP contribution in [0, 0.1) is 6.92 Å². The molecule has 0 atom stereocenters. The Bertz CT molecular complexity index is 329. The normalized spacial score (nSPS) is 11.8. The summed E-state index contributed by atoms with van der Waals surface area (Å²) in [5.74, 6) is 0. The largest absolute Gasteiger partial charge is 0.272 e. The smallest absolute Gasteiger partial charge is 0.249 e. The first-order valence-corrected chi connectivity index (χ1v) is 5.55. The Labute approximate surface area is 67.1 Å². The number of aryl methyl sites for hydroxylation is 1. The van der Waals surface area contributed by atoms with E-state index in [9.17, 15) is 8.42 Å². The van der Waals surface area contributed by atoms with Crippen LogP contribution in [0.1, 0.15) is 5.69 Å². The number of aromatic nitrogens is 1. The van der Waals surface area contributed by atoms with E-state index in [0.717, 1.165) is 11.3 Å². The molecule has 56 valence electrons. The topological polar surface area (TPSA) is 47.0 Å². The molecule has 1 rings (SSSR count). The van der Waals surface area contributed by atoms with Crippen molar-refractivity contribution in [2.75, 3.05) is 0 Å². The van der Waals surface area contributed by atoms with E-state index in [2.05, 4.69) is 4.98 Å². The SMILES string of the molecule is Cc1ncsc1S(=O)(=O)Cl. The molecule has 1 heterocycles. The van der Waals surface area contributed by atoms with E-state index in [-0.39, 0.29) is 4.21 Å². The van der Waals surface area contributed by atoms with E-state index in [4.69, 9.17) is 10.7 Å². The summed E-state index contributed by atoms with van der Waals surface area (Å²) in [6.45, 7) is 1.60. The highest BCUT2D eigenvalue weighted by Crippen LogP contribution is 2.22. The minimum absolute atomic E-state index is 0.133. The van der Waals surface area contributed by atoms with E-state index < -0.39 is 9.05 Å². The summed E-state index contributed by atoms with van der Waals surface area (Å²) in [5.41, 5.74) is 1.91. The molecule has 6 heteroatoms. The fourth-order valence-electron chi connectivity index (χ4n) is 0.525. The van der Waals surface area contributed by atoms with E-state index in [1.807, 2.05) is 0 Å². The molecule has 0 bridgehead atoms. The van der Waals surface area contributed by atoms with Crippen molar-refractivity contribution in [1.82, 2.24) is 4.98 Å². The summed E-state index contributed by atoms with van der Waals surface area (Å²) in [6.07, 6.45) is 0. The van der Waals surface area contributed by atoms with Crippen molar-refractivity contribution in [1.29, 1.82) is 0 Å². The highest BCUT2D eigenvalue weighted by atomic mass is 35.7. The van der Waals surface area contributed by atoms with E-state index in [0.29, 0.717) is 5.69 Å². The van der Waals surface area contributed by atoms with Crippen LogP contribution in [-0.4, -0.2) is 13.4 Å². The van der Waals surface area contributed by atoms with Crippen LogP contribution in [-0.2, 0) is 9.05 Å². The number of halogens is 1. The maximum absolute atomic E-state index is 10.7. The molecule has 0 saturated heterocycles. The van der Waals surface area contributed by atoms with Crippen LogP contribution in [0.25, 0.3) is 0 Å². The average molecular weight is 198 g/mol. The quantitative estimate of drug-likeness (QED) is 0.639. The van der Waals surface area contributed by atoms with Gasteiger partial charge in [-0.1, -0.05) is 0 Å². The molecule has 1 aromatic heterocycles. The average Bonchev–Trinajstić information content (AvgIpc) is 2.11. The minimum Gasteiger partial charge on any atom is -0.249 e. The molecule has 0 aliphatic rings. The van der Waals surface area contributed by atoms with Crippen LogP contribution in [0.5, 0.6) is 0 Å². The van der Waals surface area contributed by atoms with Crippen LogP contribution in [0.3, 0.4) is 0 Å². The van der Waals surface area contributed by atoms with Crippen molar-refractivity contribution in [2.45, 2.75) is 11.1 Å². The second-order valence-electron chi connectivity index (χ2n) is 1.66. The van der Waals surface area contributed by atoms with Crippen LogP contribution < -0.4 is 0 Å². The molecule has 0 unspecified atom stereocenters. The Morgan fingerprint density at radius 2 is 2.30 bits per heavy atom. The van der Waals surface area contributed by atoms with Crippen molar-refractivity contribution >= 4 is 31.1 Å². The number of hydrogen-bond acceptors (Lipinski definition) is 4. The first kappa shape index (κ1) is 7.97. The lowest BCUT2D eigenvalue weighted by Gasteiger charge is -1.87. The predicted molar refractivity (Wildman–Crippen MR) is 39.9 cm³/mol. The Kier molecular flexibility index (Phi) is 1.98. The summed E-state index contributed by atoms with van der Waals surface area (Å²) < 4.78 is 21.4. The van der Waals surface area contributed by atoms with Crippen LogP contribution in [0.4, 0.5) is 0 Å². The van der Waals surface area contributed by atoms with Gasteiger partial charge in [0, 0.05) is 10.7 Å². The van der Waals surface area contributed by atoms with Gasteiger partial charge in [-0.3, -0.25) is 0 Å². The van der Waals surface area contributed by atoms with E-state index >= 15 is 0 Å². The second kappa shape index (κ2) is 2.48. The van der Waals surface area contributed by atoms with Gasteiger partial charge >= 0.3 is 0 Å². The number of thiazole rings is 1. The molecule has 0 radical (unpaired) electrons. The first-order valence-electron chi connectivity index (χ1n) is 2.36. The van der Waals surface area contributed by atoms with Crippen molar-refractivity contribution in [3.63, 3.8) is 0 Å². The first-order chi connectivity index (χ1) is 4.52. The van der Waals surface area contributed by atoms with Gasteiger partial charge in [0.1, 0.15) is 0 Å². The molecule has 3 nitrogen and oxygen atoms in total. The van der Waals surface area contributed by atoms with Gasteiger partial charge in [0.2, 0.25) is 0 Å². The lowest BCUT2D eigenvalue weighted by atomic mass is 10.6. The van der Waals surface area contributed by atoms with E-state index in [1.54, 1.807) is 6.92 Å². The van der Waals surface area contributed by atoms with Crippen LogP contribution in [0.15, 0.2) is 9.72 Å². The van der Waals surface area contributed by atoms with Gasteiger partial charge in [-0.15, -0.1) is 11.3 Å². The molecular formula is C4H4ClNO2S2. The highest BCUT2D eigenvalue weighted by molar-refractivity contribution is 8.15. The molecule has 0 aromatic carbocycles. The Morgan fingerprint density at radius 3 is 2.50 bits per heavy atom. The third kappa shape index (κ3) is 1.47. The molecule has 0 amide bonds. The predicted octanol–water partition coefficient (Wildman–Crippen LogP) is 1.38. The number of rotatable bonds is 1. The van der Waals surface area contributed by atoms with Gasteiger partial charge in [-0.05, 0) is 6.92 Å². The highest BCUT2D eigenvalue weighted by Gasteiger charge is 2.15. The van der Waals surface area contributed by atoms with Gasteiger partial charge in [0.15, 0.2) is 4.21 Å². The van der Waals surface area contributed by atoms with Gasteiger partial charge in [0.25, 0.3) is 9.05 Å². The lowest BCUT2D eigenvalue weighted by molar-refractivity contribution is 0.610. The molecule has 0 aliphatic heterocycles. The fourth-order valence-corrected chi connectivity index (χ4v) is 2.71. The fraction of sp³-hybridized carbons (Fsp3) is 0.250. The molecule has 0 fully saturated rings. The van der Waals surface area contributed by atoms with Crippen molar-refractivity contribution in [3.05, 3.63) is 11.2 Å². The monoisotopic (exact) mass is 197 g/mol. The lowest BCUT2D eigenvalue weighted by Crippen LogP contribution is -1.88. The summed E-state index contributed by atoms with van der Waals surface area (Å²) in [7, 11) is 1.49. The Balaban J connectivity index is 3.32. The van der Waals surface area contributed by atoms with Gasteiger partial charge in [-0.25, -0.2) is 13.4 Å². The van der Waals surface area contributed by atoms with Crippen LogP contribution in [0.2, 0.25) is 0 Å². The van der Waals surface area contributed by atoms with Crippen molar-refractivity contribution in [3.8, 4) is 0 Å². The standard InChI is InChI=1S/C4H4ClNO2S2/c1-3-4(9-2-6-3)10(5,7)8/h2H,1H3. The zero-order valence-electron chi connectivity index (χ0n) is 5.04. The maximum Gasteiger partial charge on any atom is 0.272 e. The summed E-state index contributed by atoms with van der Waals surface area (Å²) in [4.78, 5) is 3.74. The van der Waals surface area contributed by atoms with Crippen molar-refractivity contribution in [2.24, 2.45) is 0 Å². The molecule has 0 saturated carbocycles. The molecular weight excluding hydrogens is 194 g/mol. The number of nitrogens with zero attached hydrogens (tertiary/aromatic N) is 1. The number of hydrogen-bond donors (Lipinski definition) is 0. The minimum atomic E-state index is -3.56. The van der Waals surface area contributed by atoms with Gasteiger partial charge in [0.05, 0.1) is 11.2 Å². The maximum atomic E-state index is 10.7. The third-order valence-corrected chi connectivity index (χ3v) is 4.07. The molecule has 1 aromatic rings. The molecule has 10 heavy (non-hydrogen) atoms. The van der Waals surface area contributed by atoms with Gasteiger partial charge in [-0.2, -0.15) is 0 Å². The summed E-state index contributed by atoms with van der Waals surface area (Å²) >= 11 is 1.03. The third-order valence-electron chi connectivity index (χ3n) is 0.923. The van der Waals surface area contributed by atoms with Crippen LogP contribution >= 0.6 is 22.0 Å². The summed E-state index contributed by atoms with van der Waals surface area (Å²) in [6, 6.07) is 0. The molecule has 0 N–H and O–H groups in total. The Morgan fingerprint density at radius 1 is 1.70 bits per heavy atom. The zero-order valence-corrected chi connectivity index (χ0v) is 7.42. The second-order valence-corrected chi connectivity index (χ2v) is 5.28. The zero-order chi connectivity index (χ0) is 7.78. The Hall–Kier alpha value is -0.130. The van der Waals surface area contributed by atoms with E-state index in [1.165, 1.54) is 5.51 Å². The summed E-state index contributed by atoms with van der Waals surface area (Å²) in [5, 5.41) is 0. The van der Waals surface area contributed by atoms with Gasteiger partial charge < -0.3 is 0 Å². The van der Waals surface area contributed by atoms with Crippen molar-refractivity contribution < 1.29 is 8.42 Å².